The van der Waals surface area contributed by atoms with Gasteiger partial charge in [0.2, 0.25) is 0 Å². The second kappa shape index (κ2) is 8.97. The molecule has 32 heavy (non-hydrogen) atoms. The number of rotatable bonds is 10. The lowest BCUT2D eigenvalue weighted by atomic mass is 10.2. The van der Waals surface area contributed by atoms with Gasteiger partial charge in [0.1, 0.15) is 6.61 Å². The quantitative estimate of drug-likeness (QED) is 0.189. The van der Waals surface area contributed by atoms with Crippen molar-refractivity contribution in [2.75, 3.05) is 19.1 Å². The van der Waals surface area contributed by atoms with E-state index in [1.54, 1.807) is 0 Å². The summed E-state index contributed by atoms with van der Waals surface area (Å²) in [4.78, 5) is 0. The third-order valence-corrected chi connectivity index (χ3v) is 3.11. The zero-order valence-corrected chi connectivity index (χ0v) is 14.9. The Morgan fingerprint density at radius 3 is 1.28 bits per heavy atom. The van der Waals surface area contributed by atoms with Gasteiger partial charge in [-0.1, -0.05) is 0 Å². The fraction of sp³-hybridized carbons (Fsp3) is 1.00. The van der Waals surface area contributed by atoms with Crippen molar-refractivity contribution < 1.29 is 88.8 Å². The van der Waals surface area contributed by atoms with Crippen LogP contribution in [0.3, 0.4) is 0 Å². The molecule has 0 fully saturated rings. The monoisotopic (exact) mass is 544 g/mol. The highest BCUT2D eigenvalue weighted by Crippen LogP contribution is 2.56. The molecule has 0 bridgehead atoms. The van der Waals surface area contributed by atoms with Gasteiger partial charge in [0.05, 0.1) is 6.61 Å². The Bertz CT molecular complexity index is 629. The van der Waals surface area contributed by atoms with E-state index in [-0.39, 0.29) is 0 Å². The molecule has 0 aliphatic carbocycles. The van der Waals surface area contributed by atoms with Crippen LogP contribution in [-0.4, -0.2) is 67.5 Å². The first kappa shape index (κ1) is 31.0. The molecule has 0 saturated heterocycles. The minimum atomic E-state index is -7.90. The SMILES string of the molecule is FC(F)(F)C(F)(COCCCl)OC(F)(F)C(F)(OC(F)(F)C(F)(F)C(F)(F)F)C(F)(F)F. The van der Waals surface area contributed by atoms with E-state index in [2.05, 4.69) is 4.74 Å². The van der Waals surface area contributed by atoms with E-state index in [1.807, 2.05) is 4.74 Å². The normalized spacial score (nSPS) is 18.9. The number of ether oxygens (including phenoxy) is 3. The van der Waals surface area contributed by atoms with Crippen molar-refractivity contribution in [3.8, 4) is 0 Å². The molecule has 0 aliphatic rings. The molecule has 0 aromatic rings. The Hall–Kier alpha value is -1.02. The fourth-order valence-electron chi connectivity index (χ4n) is 1.38. The van der Waals surface area contributed by atoms with E-state index in [9.17, 15) is 74.6 Å². The minimum Gasteiger partial charge on any atom is -0.374 e. The molecule has 0 amide bonds. The summed E-state index contributed by atoms with van der Waals surface area (Å²) in [6.07, 6.45) is -37.7. The van der Waals surface area contributed by atoms with Crippen molar-refractivity contribution in [1.29, 1.82) is 0 Å². The molecule has 2 atom stereocenters. The summed E-state index contributed by atoms with van der Waals surface area (Å²) in [6, 6.07) is 0. The summed E-state index contributed by atoms with van der Waals surface area (Å²) in [5.41, 5.74) is 0. The Kier molecular flexibility index (Phi) is 8.68. The van der Waals surface area contributed by atoms with Gasteiger partial charge in [-0.3, -0.25) is 9.47 Å². The number of halogens is 18. The maximum Gasteiger partial charge on any atom is 0.462 e. The average molecular weight is 545 g/mol. The van der Waals surface area contributed by atoms with Gasteiger partial charge in [0.25, 0.3) is 0 Å². The molecule has 0 heterocycles. The van der Waals surface area contributed by atoms with Gasteiger partial charge in [-0.25, -0.2) is 0 Å². The smallest absolute Gasteiger partial charge is 0.374 e. The van der Waals surface area contributed by atoms with Crippen LogP contribution in [0.15, 0.2) is 0 Å². The Labute approximate surface area is 169 Å². The summed E-state index contributed by atoms with van der Waals surface area (Å²) in [5, 5.41) is 0. The summed E-state index contributed by atoms with van der Waals surface area (Å²) < 4.78 is 225. The predicted molar refractivity (Wildman–Crippen MR) is 64.4 cm³/mol. The molecular formula is C11H6ClF17O3. The third kappa shape index (κ3) is 5.91. The number of alkyl halides is 18. The van der Waals surface area contributed by atoms with Crippen LogP contribution in [0, 0.1) is 0 Å². The van der Waals surface area contributed by atoms with Crippen molar-refractivity contribution in [3.63, 3.8) is 0 Å². The van der Waals surface area contributed by atoms with Crippen molar-refractivity contribution in [2.24, 2.45) is 0 Å². The Morgan fingerprint density at radius 2 is 0.969 bits per heavy atom. The minimum absolute atomic E-state index is 0.790. The van der Waals surface area contributed by atoms with Crippen LogP contribution >= 0.6 is 11.6 Å². The first-order valence-electron chi connectivity index (χ1n) is 6.98. The van der Waals surface area contributed by atoms with Gasteiger partial charge in [0.15, 0.2) is 0 Å². The lowest BCUT2D eigenvalue weighted by Gasteiger charge is -2.40. The molecule has 0 radical (unpaired) electrons. The summed E-state index contributed by atoms with van der Waals surface area (Å²) >= 11 is 4.87. The number of hydrogen-bond donors (Lipinski definition) is 0. The predicted octanol–water partition coefficient (Wildman–Crippen LogP) is 6.11. The standard InChI is InChI=1S/C11H6ClF17O3/c12-1-2-30-3-4(13,7(17,18)19)31-11(28,29)6(16,9(23,24)25)32-10(26,27)5(14,15)8(20,21)22/h1-3H2. The van der Waals surface area contributed by atoms with Crippen LogP contribution in [0.2, 0.25) is 0 Å². The molecule has 0 spiro atoms. The molecule has 0 rings (SSSR count). The van der Waals surface area contributed by atoms with Gasteiger partial charge >= 0.3 is 48.4 Å². The zero-order valence-electron chi connectivity index (χ0n) is 14.1. The van der Waals surface area contributed by atoms with E-state index in [4.69, 9.17) is 11.6 Å². The second-order valence-electron chi connectivity index (χ2n) is 5.37. The summed E-state index contributed by atoms with van der Waals surface area (Å²) in [7, 11) is 0. The van der Waals surface area contributed by atoms with Crippen LogP contribution < -0.4 is 0 Å². The largest absolute Gasteiger partial charge is 0.462 e. The first-order chi connectivity index (χ1) is 13.7. The van der Waals surface area contributed by atoms with E-state index in [0.717, 1.165) is 0 Å². The van der Waals surface area contributed by atoms with E-state index in [1.165, 1.54) is 4.74 Å². The van der Waals surface area contributed by atoms with Gasteiger partial charge < -0.3 is 4.74 Å². The zero-order chi connectivity index (χ0) is 26.2. The van der Waals surface area contributed by atoms with E-state index in [0.29, 0.717) is 0 Å². The molecule has 0 aromatic carbocycles. The first-order valence-corrected chi connectivity index (χ1v) is 7.51. The van der Waals surface area contributed by atoms with Gasteiger partial charge in [-0.15, -0.1) is 11.6 Å². The molecule has 0 N–H and O–H groups in total. The summed E-state index contributed by atoms with van der Waals surface area (Å²) in [6.45, 7) is -3.98. The maximum absolute atomic E-state index is 13.8. The fourth-order valence-corrected chi connectivity index (χ4v) is 1.49. The van der Waals surface area contributed by atoms with Crippen LogP contribution in [0.5, 0.6) is 0 Å². The van der Waals surface area contributed by atoms with Crippen molar-refractivity contribution in [1.82, 2.24) is 0 Å². The highest BCUT2D eigenvalue weighted by atomic mass is 35.5. The summed E-state index contributed by atoms with van der Waals surface area (Å²) in [5.74, 6) is -22.7. The lowest BCUT2D eigenvalue weighted by molar-refractivity contribution is -0.553. The molecule has 2 unspecified atom stereocenters. The van der Waals surface area contributed by atoms with E-state index >= 15 is 0 Å². The molecular weight excluding hydrogens is 539 g/mol. The van der Waals surface area contributed by atoms with Crippen molar-refractivity contribution in [2.45, 2.75) is 48.4 Å². The van der Waals surface area contributed by atoms with Crippen LogP contribution in [-0.2, 0) is 14.2 Å². The van der Waals surface area contributed by atoms with Gasteiger partial charge in [-0.05, 0) is 0 Å². The Morgan fingerprint density at radius 1 is 0.531 bits per heavy atom. The van der Waals surface area contributed by atoms with Crippen LogP contribution in [0.4, 0.5) is 74.6 Å². The molecule has 0 aliphatic heterocycles. The lowest BCUT2D eigenvalue weighted by Crippen LogP contribution is -2.67. The highest BCUT2D eigenvalue weighted by Gasteiger charge is 2.85. The van der Waals surface area contributed by atoms with Gasteiger partial charge in [-0.2, -0.15) is 74.6 Å². The third-order valence-electron chi connectivity index (χ3n) is 2.95. The molecule has 0 saturated carbocycles. The maximum atomic E-state index is 13.8. The van der Waals surface area contributed by atoms with E-state index < -0.39 is 67.5 Å². The molecule has 3 nitrogen and oxygen atoms in total. The second-order valence-corrected chi connectivity index (χ2v) is 5.75. The topological polar surface area (TPSA) is 27.7 Å². The highest BCUT2D eigenvalue weighted by molar-refractivity contribution is 6.17. The Balaban J connectivity index is 6.47. The van der Waals surface area contributed by atoms with Gasteiger partial charge in [0, 0.05) is 5.88 Å². The molecule has 0 aromatic heterocycles. The number of hydrogen-bond acceptors (Lipinski definition) is 3. The average Bonchev–Trinajstić information content (AvgIpc) is 2.50. The molecule has 194 valence electrons. The molecule has 21 heteroatoms. The van der Waals surface area contributed by atoms with Crippen molar-refractivity contribution >= 4 is 11.6 Å². The van der Waals surface area contributed by atoms with Crippen LogP contribution in [0.1, 0.15) is 0 Å². The van der Waals surface area contributed by atoms with Crippen LogP contribution in [0.25, 0.3) is 0 Å². The van der Waals surface area contributed by atoms with Crippen molar-refractivity contribution in [3.05, 3.63) is 0 Å².